The van der Waals surface area contributed by atoms with Gasteiger partial charge in [0, 0.05) is 25.1 Å². The van der Waals surface area contributed by atoms with Crippen LogP contribution < -0.4 is 16.8 Å². The fourth-order valence-corrected chi connectivity index (χ4v) is 1.34. The third-order valence-electron chi connectivity index (χ3n) is 2.21. The summed E-state index contributed by atoms with van der Waals surface area (Å²) < 4.78 is 0. The van der Waals surface area contributed by atoms with Gasteiger partial charge in [-0.05, 0) is 11.6 Å². The maximum Gasteiger partial charge on any atom is 0.218 e. The quantitative estimate of drug-likeness (QED) is 0.179. The van der Waals surface area contributed by atoms with Crippen molar-refractivity contribution >= 4 is 11.7 Å². The van der Waals surface area contributed by atoms with E-state index >= 15 is 0 Å². The van der Waals surface area contributed by atoms with Gasteiger partial charge in [-0.2, -0.15) is 0 Å². The molecule has 0 unspecified atom stereocenters. The number of oxime groups is 1. The van der Waals surface area contributed by atoms with E-state index in [1.165, 1.54) is 0 Å². The number of amides is 1. The van der Waals surface area contributed by atoms with Crippen LogP contribution in [0.15, 0.2) is 29.4 Å². The zero-order valence-electron chi connectivity index (χ0n) is 9.39. The van der Waals surface area contributed by atoms with E-state index in [1.807, 2.05) is 18.2 Å². The fraction of sp³-hybridized carbons (Fsp3) is 0.273. The summed E-state index contributed by atoms with van der Waals surface area (Å²) in [6.07, 6.45) is 0.305. The van der Waals surface area contributed by atoms with Crippen LogP contribution in [0.5, 0.6) is 0 Å². The van der Waals surface area contributed by atoms with Crippen LogP contribution in [0.2, 0.25) is 0 Å². The molecular weight excluding hydrogens is 220 g/mol. The van der Waals surface area contributed by atoms with Gasteiger partial charge in [0.05, 0.1) is 0 Å². The van der Waals surface area contributed by atoms with Crippen molar-refractivity contribution in [1.82, 2.24) is 5.32 Å². The van der Waals surface area contributed by atoms with E-state index < -0.39 is 0 Å². The standard InChI is InChI=1S/C11H16N4O2/c12-10(16)4-5-14-7-8-2-1-3-9(6-8)11(13)15-17/h1-3,6,14,17H,4-5,7H2,(H2,12,16)(H2,13,15). The summed E-state index contributed by atoms with van der Waals surface area (Å²) in [5.74, 6) is -0.258. The van der Waals surface area contributed by atoms with Crippen molar-refractivity contribution in [2.75, 3.05) is 6.54 Å². The van der Waals surface area contributed by atoms with E-state index in [9.17, 15) is 4.79 Å². The first-order valence-electron chi connectivity index (χ1n) is 5.19. The van der Waals surface area contributed by atoms with Gasteiger partial charge in [0.15, 0.2) is 5.84 Å². The number of amidine groups is 1. The third-order valence-corrected chi connectivity index (χ3v) is 2.21. The lowest BCUT2D eigenvalue weighted by Gasteiger charge is -2.05. The fourth-order valence-electron chi connectivity index (χ4n) is 1.34. The number of nitrogens with zero attached hydrogens (tertiary/aromatic N) is 1. The molecule has 1 rings (SSSR count). The number of carbonyl (C=O) groups excluding carboxylic acids is 1. The summed E-state index contributed by atoms with van der Waals surface area (Å²) >= 11 is 0. The van der Waals surface area contributed by atoms with Crippen LogP contribution in [0, 0.1) is 0 Å². The van der Waals surface area contributed by atoms with Crippen molar-refractivity contribution in [3.63, 3.8) is 0 Å². The zero-order chi connectivity index (χ0) is 12.7. The second kappa shape index (κ2) is 6.49. The van der Waals surface area contributed by atoms with Gasteiger partial charge >= 0.3 is 0 Å². The lowest BCUT2D eigenvalue weighted by atomic mass is 10.1. The van der Waals surface area contributed by atoms with Crippen molar-refractivity contribution in [2.45, 2.75) is 13.0 Å². The van der Waals surface area contributed by atoms with E-state index in [-0.39, 0.29) is 11.7 Å². The Bertz CT molecular complexity index is 418. The molecule has 0 aliphatic rings. The van der Waals surface area contributed by atoms with Crippen LogP contribution in [0.3, 0.4) is 0 Å². The average molecular weight is 236 g/mol. The van der Waals surface area contributed by atoms with Gasteiger partial charge in [0.2, 0.25) is 5.91 Å². The van der Waals surface area contributed by atoms with Gasteiger partial charge in [-0.3, -0.25) is 4.79 Å². The molecule has 17 heavy (non-hydrogen) atoms. The van der Waals surface area contributed by atoms with Crippen LogP contribution in [0.4, 0.5) is 0 Å². The van der Waals surface area contributed by atoms with Crippen molar-refractivity contribution in [3.8, 4) is 0 Å². The maximum atomic E-state index is 10.5. The number of rotatable bonds is 6. The molecule has 0 saturated heterocycles. The van der Waals surface area contributed by atoms with Gasteiger partial charge in [0.25, 0.3) is 0 Å². The van der Waals surface area contributed by atoms with E-state index in [1.54, 1.807) is 6.07 Å². The first kappa shape index (κ1) is 13.0. The number of carbonyl (C=O) groups is 1. The summed E-state index contributed by atoms with van der Waals surface area (Å²) in [6.45, 7) is 1.13. The molecular formula is C11H16N4O2. The van der Waals surface area contributed by atoms with Gasteiger partial charge in [-0.15, -0.1) is 0 Å². The molecule has 0 bridgehead atoms. The predicted octanol–water partition coefficient (Wildman–Crippen LogP) is -0.254. The van der Waals surface area contributed by atoms with Crippen molar-refractivity contribution in [3.05, 3.63) is 35.4 Å². The Morgan fingerprint density at radius 1 is 1.41 bits per heavy atom. The zero-order valence-corrected chi connectivity index (χ0v) is 9.39. The van der Waals surface area contributed by atoms with Crippen molar-refractivity contribution in [1.29, 1.82) is 0 Å². The number of primary amides is 1. The summed E-state index contributed by atoms with van der Waals surface area (Å²) in [7, 11) is 0. The average Bonchev–Trinajstić information content (AvgIpc) is 2.34. The molecule has 6 N–H and O–H groups in total. The summed E-state index contributed by atoms with van der Waals surface area (Å²) in [6, 6.07) is 7.29. The highest BCUT2D eigenvalue weighted by Gasteiger charge is 2.00. The molecule has 0 fully saturated rings. The molecule has 6 nitrogen and oxygen atoms in total. The molecule has 0 aliphatic carbocycles. The highest BCUT2D eigenvalue weighted by atomic mass is 16.4. The largest absolute Gasteiger partial charge is 0.409 e. The molecule has 0 saturated carbocycles. The van der Waals surface area contributed by atoms with Crippen LogP contribution in [-0.4, -0.2) is 23.5 Å². The lowest BCUT2D eigenvalue weighted by molar-refractivity contribution is -0.117. The number of benzene rings is 1. The minimum Gasteiger partial charge on any atom is -0.409 e. The SMILES string of the molecule is NC(=O)CCNCc1cccc(/C(N)=N/O)c1. The summed E-state index contributed by atoms with van der Waals surface area (Å²) in [5.41, 5.74) is 12.1. The Morgan fingerprint density at radius 3 is 2.82 bits per heavy atom. The van der Waals surface area contributed by atoms with Gasteiger partial charge < -0.3 is 22.0 Å². The Balaban J connectivity index is 2.51. The topological polar surface area (TPSA) is 114 Å². The molecule has 6 heteroatoms. The molecule has 0 spiro atoms. The molecule has 0 heterocycles. The number of nitrogens with one attached hydrogen (secondary N) is 1. The molecule has 0 aromatic heterocycles. The van der Waals surface area contributed by atoms with Crippen LogP contribution >= 0.6 is 0 Å². The highest BCUT2D eigenvalue weighted by molar-refractivity contribution is 5.97. The van der Waals surface area contributed by atoms with E-state index in [0.717, 1.165) is 5.56 Å². The normalized spacial score (nSPS) is 11.4. The van der Waals surface area contributed by atoms with Crippen molar-refractivity contribution in [2.24, 2.45) is 16.6 Å². The second-order valence-corrected chi connectivity index (χ2v) is 3.58. The Labute approximate surface area is 99.3 Å². The van der Waals surface area contributed by atoms with Gasteiger partial charge in [-0.25, -0.2) is 0 Å². The molecule has 1 amide bonds. The molecule has 92 valence electrons. The molecule has 1 aromatic carbocycles. The lowest BCUT2D eigenvalue weighted by Crippen LogP contribution is -2.22. The smallest absolute Gasteiger partial charge is 0.218 e. The molecule has 0 radical (unpaired) electrons. The highest BCUT2D eigenvalue weighted by Crippen LogP contribution is 2.04. The maximum absolute atomic E-state index is 10.5. The number of hydrogen-bond donors (Lipinski definition) is 4. The van der Waals surface area contributed by atoms with Crippen molar-refractivity contribution < 1.29 is 10.0 Å². The Morgan fingerprint density at radius 2 is 2.18 bits per heavy atom. The van der Waals surface area contributed by atoms with E-state index in [0.29, 0.717) is 25.1 Å². The first-order valence-corrected chi connectivity index (χ1v) is 5.19. The second-order valence-electron chi connectivity index (χ2n) is 3.58. The number of hydrogen-bond acceptors (Lipinski definition) is 4. The van der Waals surface area contributed by atoms with Gasteiger partial charge in [0.1, 0.15) is 0 Å². The monoisotopic (exact) mass is 236 g/mol. The minimum atomic E-state index is -0.331. The first-order chi connectivity index (χ1) is 8.13. The molecule has 0 aliphatic heterocycles. The van der Waals surface area contributed by atoms with E-state index in [4.69, 9.17) is 16.7 Å². The van der Waals surface area contributed by atoms with Crippen LogP contribution in [-0.2, 0) is 11.3 Å². The minimum absolute atomic E-state index is 0.0731. The Kier molecular flexibility index (Phi) is 4.96. The van der Waals surface area contributed by atoms with Gasteiger partial charge in [-0.1, -0.05) is 23.4 Å². The predicted molar refractivity (Wildman–Crippen MR) is 64.5 cm³/mol. The van der Waals surface area contributed by atoms with Crippen LogP contribution in [0.1, 0.15) is 17.5 Å². The summed E-state index contributed by atoms with van der Waals surface area (Å²) in [4.78, 5) is 10.5. The summed E-state index contributed by atoms with van der Waals surface area (Å²) in [5, 5.41) is 14.6. The third kappa shape index (κ3) is 4.52. The Hall–Kier alpha value is -2.08. The van der Waals surface area contributed by atoms with E-state index in [2.05, 4.69) is 10.5 Å². The van der Waals surface area contributed by atoms with Crippen LogP contribution in [0.25, 0.3) is 0 Å². The molecule has 1 aromatic rings. The molecule has 0 atom stereocenters. The number of nitrogens with two attached hydrogens (primary N) is 2.